The number of carbonyl (C=O) groups is 2. The highest BCUT2D eigenvalue weighted by Crippen LogP contribution is 2.18. The van der Waals surface area contributed by atoms with Crippen molar-refractivity contribution in [1.29, 1.82) is 0 Å². The van der Waals surface area contributed by atoms with Gasteiger partial charge in [0.05, 0.1) is 12.6 Å². The fourth-order valence-electron chi connectivity index (χ4n) is 2.31. The van der Waals surface area contributed by atoms with E-state index >= 15 is 0 Å². The monoisotopic (exact) mass is 311 g/mol. The fraction of sp³-hybridized carbons (Fsp3) is 0.643. The number of amides is 1. The smallest absolute Gasteiger partial charge is 0.357 e. The van der Waals surface area contributed by atoms with Crippen molar-refractivity contribution in [2.45, 2.75) is 39.2 Å². The number of nitrogens with one attached hydrogen (secondary N) is 1. The van der Waals surface area contributed by atoms with Gasteiger partial charge in [-0.25, -0.2) is 9.78 Å². The molecular weight excluding hydrogens is 290 g/mol. The topological polar surface area (TPSA) is 71.5 Å². The SMILES string of the molecule is CCOC(=O)c1csc(NC(=O)C(C)N2CCCCC2)n1. The van der Waals surface area contributed by atoms with E-state index in [0.717, 1.165) is 25.9 Å². The lowest BCUT2D eigenvalue weighted by Gasteiger charge is -2.31. The van der Waals surface area contributed by atoms with E-state index in [9.17, 15) is 9.59 Å². The molecule has 1 aromatic rings. The van der Waals surface area contributed by atoms with Gasteiger partial charge in [-0.2, -0.15) is 0 Å². The van der Waals surface area contributed by atoms with Crippen LogP contribution in [0.1, 0.15) is 43.6 Å². The Balaban J connectivity index is 1.91. The Hall–Kier alpha value is -1.47. The predicted octanol–water partition coefficient (Wildman–Crippen LogP) is 2.13. The zero-order chi connectivity index (χ0) is 15.2. The van der Waals surface area contributed by atoms with Crippen LogP contribution in [0.25, 0.3) is 0 Å². The van der Waals surface area contributed by atoms with Crippen molar-refractivity contribution in [3.8, 4) is 0 Å². The Morgan fingerprint density at radius 1 is 1.43 bits per heavy atom. The lowest BCUT2D eigenvalue weighted by Crippen LogP contribution is -2.44. The van der Waals surface area contributed by atoms with Gasteiger partial charge in [0.15, 0.2) is 10.8 Å². The molecule has 0 aliphatic carbocycles. The van der Waals surface area contributed by atoms with Gasteiger partial charge in [-0.3, -0.25) is 9.69 Å². The number of anilines is 1. The lowest BCUT2D eigenvalue weighted by atomic mass is 10.1. The maximum atomic E-state index is 12.2. The summed E-state index contributed by atoms with van der Waals surface area (Å²) in [4.78, 5) is 30.0. The number of aromatic nitrogens is 1. The summed E-state index contributed by atoms with van der Waals surface area (Å²) in [6.07, 6.45) is 3.52. The zero-order valence-electron chi connectivity index (χ0n) is 12.4. The summed E-state index contributed by atoms with van der Waals surface area (Å²) in [7, 11) is 0. The largest absolute Gasteiger partial charge is 0.461 e. The number of likely N-dealkylation sites (tertiary alicyclic amines) is 1. The molecule has 21 heavy (non-hydrogen) atoms. The lowest BCUT2D eigenvalue weighted by molar-refractivity contribution is -0.121. The second-order valence-electron chi connectivity index (χ2n) is 5.02. The first-order chi connectivity index (χ1) is 10.1. The Kier molecular flexibility index (Phi) is 5.69. The van der Waals surface area contributed by atoms with Crippen LogP contribution < -0.4 is 5.32 Å². The summed E-state index contributed by atoms with van der Waals surface area (Å²) < 4.78 is 4.87. The fourth-order valence-corrected chi connectivity index (χ4v) is 2.99. The molecule has 0 aromatic carbocycles. The van der Waals surface area contributed by atoms with Gasteiger partial charge in [0.2, 0.25) is 5.91 Å². The maximum Gasteiger partial charge on any atom is 0.357 e. The van der Waals surface area contributed by atoms with Crippen LogP contribution in [0.15, 0.2) is 5.38 Å². The summed E-state index contributed by atoms with van der Waals surface area (Å²) in [6.45, 7) is 5.87. The number of ether oxygens (including phenoxy) is 1. The van der Waals surface area contributed by atoms with E-state index in [4.69, 9.17) is 4.74 Å². The molecule has 1 unspecified atom stereocenters. The van der Waals surface area contributed by atoms with E-state index in [1.165, 1.54) is 17.8 Å². The second kappa shape index (κ2) is 7.51. The molecule has 1 atom stereocenters. The van der Waals surface area contributed by atoms with Crippen molar-refractivity contribution in [2.75, 3.05) is 25.0 Å². The Labute approximate surface area is 128 Å². The molecule has 1 aliphatic heterocycles. The predicted molar refractivity (Wildman–Crippen MR) is 81.6 cm³/mol. The van der Waals surface area contributed by atoms with Gasteiger partial charge in [0.25, 0.3) is 0 Å². The average molecular weight is 311 g/mol. The van der Waals surface area contributed by atoms with Gasteiger partial charge >= 0.3 is 5.97 Å². The van der Waals surface area contributed by atoms with Crippen molar-refractivity contribution < 1.29 is 14.3 Å². The number of esters is 1. The van der Waals surface area contributed by atoms with Crippen LogP contribution in [-0.4, -0.2) is 47.5 Å². The molecule has 116 valence electrons. The van der Waals surface area contributed by atoms with E-state index in [1.807, 2.05) is 6.92 Å². The van der Waals surface area contributed by atoms with Gasteiger partial charge in [-0.15, -0.1) is 11.3 Å². The summed E-state index contributed by atoms with van der Waals surface area (Å²) >= 11 is 1.23. The summed E-state index contributed by atoms with van der Waals surface area (Å²) in [5.74, 6) is -0.542. The molecule has 0 saturated carbocycles. The molecule has 1 N–H and O–H groups in total. The van der Waals surface area contributed by atoms with Gasteiger partial charge in [0.1, 0.15) is 0 Å². The van der Waals surface area contributed by atoms with Crippen molar-refractivity contribution in [3.05, 3.63) is 11.1 Å². The summed E-state index contributed by atoms with van der Waals surface area (Å²) in [5.41, 5.74) is 0.239. The Morgan fingerprint density at radius 2 is 2.14 bits per heavy atom. The van der Waals surface area contributed by atoms with Crippen molar-refractivity contribution in [1.82, 2.24) is 9.88 Å². The van der Waals surface area contributed by atoms with E-state index in [0.29, 0.717) is 11.7 Å². The number of hydrogen-bond donors (Lipinski definition) is 1. The van der Waals surface area contributed by atoms with Crippen LogP contribution in [0.4, 0.5) is 5.13 Å². The first kappa shape index (κ1) is 15.9. The van der Waals surface area contributed by atoms with Crippen molar-refractivity contribution >= 4 is 28.3 Å². The van der Waals surface area contributed by atoms with Gasteiger partial charge in [0, 0.05) is 5.38 Å². The molecular formula is C14H21N3O3S. The van der Waals surface area contributed by atoms with Crippen molar-refractivity contribution in [3.63, 3.8) is 0 Å². The third-order valence-electron chi connectivity index (χ3n) is 3.54. The summed E-state index contributed by atoms with van der Waals surface area (Å²) in [6, 6.07) is -0.180. The molecule has 1 aliphatic rings. The molecule has 2 heterocycles. The van der Waals surface area contributed by atoms with Gasteiger partial charge in [-0.1, -0.05) is 6.42 Å². The molecule has 1 amide bonds. The van der Waals surface area contributed by atoms with Crippen molar-refractivity contribution in [2.24, 2.45) is 0 Å². The molecule has 6 nitrogen and oxygen atoms in total. The highest BCUT2D eigenvalue weighted by molar-refractivity contribution is 7.14. The van der Waals surface area contributed by atoms with E-state index in [-0.39, 0.29) is 17.6 Å². The minimum absolute atomic E-state index is 0.0818. The molecule has 0 spiro atoms. The first-order valence-electron chi connectivity index (χ1n) is 7.29. The number of rotatable bonds is 5. The second-order valence-corrected chi connectivity index (χ2v) is 5.88. The van der Waals surface area contributed by atoms with E-state index < -0.39 is 5.97 Å². The van der Waals surface area contributed by atoms with Crippen LogP contribution >= 0.6 is 11.3 Å². The quantitative estimate of drug-likeness (QED) is 0.844. The minimum atomic E-state index is -0.460. The molecule has 0 bridgehead atoms. The number of hydrogen-bond acceptors (Lipinski definition) is 6. The standard InChI is InChI=1S/C14H21N3O3S/c1-3-20-13(19)11-9-21-14(15-11)16-12(18)10(2)17-7-5-4-6-8-17/h9-10H,3-8H2,1-2H3,(H,15,16,18). The average Bonchev–Trinajstić information content (AvgIpc) is 2.96. The van der Waals surface area contributed by atoms with Crippen LogP contribution in [0.5, 0.6) is 0 Å². The third-order valence-corrected chi connectivity index (χ3v) is 4.29. The zero-order valence-corrected chi connectivity index (χ0v) is 13.2. The Bertz CT molecular complexity index is 497. The number of piperidine rings is 1. The first-order valence-corrected chi connectivity index (χ1v) is 8.17. The maximum absolute atomic E-state index is 12.2. The molecule has 1 fully saturated rings. The highest BCUT2D eigenvalue weighted by Gasteiger charge is 2.23. The number of nitrogens with zero attached hydrogens (tertiary/aromatic N) is 2. The molecule has 7 heteroatoms. The van der Waals surface area contributed by atoms with Gasteiger partial charge < -0.3 is 10.1 Å². The number of carbonyl (C=O) groups excluding carboxylic acids is 2. The molecule has 2 rings (SSSR count). The highest BCUT2D eigenvalue weighted by atomic mass is 32.1. The summed E-state index contributed by atoms with van der Waals surface area (Å²) in [5, 5.41) is 4.81. The molecule has 0 radical (unpaired) electrons. The van der Waals surface area contributed by atoms with Crippen LogP contribution in [0, 0.1) is 0 Å². The normalized spacial score (nSPS) is 17.2. The van der Waals surface area contributed by atoms with Crippen LogP contribution in [0.3, 0.4) is 0 Å². The third kappa shape index (κ3) is 4.25. The molecule has 1 saturated heterocycles. The molecule has 1 aromatic heterocycles. The Morgan fingerprint density at radius 3 is 2.81 bits per heavy atom. The van der Waals surface area contributed by atoms with Crippen LogP contribution in [0.2, 0.25) is 0 Å². The minimum Gasteiger partial charge on any atom is -0.461 e. The number of thiazole rings is 1. The van der Waals surface area contributed by atoms with Gasteiger partial charge in [-0.05, 0) is 39.8 Å². The van der Waals surface area contributed by atoms with Crippen LogP contribution in [-0.2, 0) is 9.53 Å². The van der Waals surface area contributed by atoms with E-state index in [1.54, 1.807) is 12.3 Å². The van der Waals surface area contributed by atoms with E-state index in [2.05, 4.69) is 15.2 Å².